The van der Waals surface area contributed by atoms with E-state index in [1.165, 1.54) is 25.3 Å². The number of hydrogen-bond acceptors (Lipinski definition) is 11. The molecular formula is C27H28BrNO10. The molecule has 39 heavy (non-hydrogen) atoms. The van der Waals surface area contributed by atoms with Gasteiger partial charge in [0.15, 0.2) is 17.9 Å². The molecule has 0 saturated carbocycles. The maximum absolute atomic E-state index is 13.7. The molecule has 2 aromatic rings. The summed E-state index contributed by atoms with van der Waals surface area (Å²) in [5.41, 5.74) is 2.91. The highest BCUT2D eigenvalue weighted by atomic mass is 79.9. The lowest BCUT2D eigenvalue weighted by molar-refractivity contribution is -0.247. The fourth-order valence-corrected chi connectivity index (χ4v) is 6.25. The topological polar surface area (TPSA) is 186 Å². The number of aliphatic hydroxyl groups is 2. The lowest BCUT2D eigenvalue weighted by atomic mass is 9.72. The molecule has 1 fully saturated rings. The summed E-state index contributed by atoms with van der Waals surface area (Å²) < 4.78 is 17.1. The number of halogens is 1. The number of fused-ring (bicyclic) bond motifs is 3. The minimum atomic E-state index is -2.04. The van der Waals surface area contributed by atoms with Gasteiger partial charge in [-0.05, 0) is 13.0 Å². The smallest absolute Gasteiger partial charge is 0.202 e. The monoisotopic (exact) mass is 605 g/mol. The van der Waals surface area contributed by atoms with Gasteiger partial charge in [0, 0.05) is 42.0 Å². The van der Waals surface area contributed by atoms with Gasteiger partial charge < -0.3 is 40.4 Å². The Morgan fingerprint density at radius 2 is 1.87 bits per heavy atom. The van der Waals surface area contributed by atoms with Crippen LogP contribution in [-0.2, 0) is 20.7 Å². The summed E-state index contributed by atoms with van der Waals surface area (Å²) in [4.78, 5) is 40.0. The van der Waals surface area contributed by atoms with Crippen LogP contribution in [0.25, 0.3) is 0 Å². The van der Waals surface area contributed by atoms with Crippen molar-refractivity contribution < 1.29 is 49.0 Å². The van der Waals surface area contributed by atoms with Crippen LogP contribution >= 0.6 is 15.9 Å². The van der Waals surface area contributed by atoms with Crippen LogP contribution < -0.4 is 10.5 Å². The Balaban J connectivity index is 1.69. The summed E-state index contributed by atoms with van der Waals surface area (Å²) in [6, 6.07) is 3.74. The molecule has 1 heterocycles. The second-order valence-corrected chi connectivity index (χ2v) is 10.7. The van der Waals surface area contributed by atoms with Crippen molar-refractivity contribution in [2.45, 2.75) is 62.4 Å². The van der Waals surface area contributed by atoms with Crippen molar-refractivity contribution >= 4 is 33.3 Å². The standard InChI is InChI=1S/C27H28BrNO10/c1-10-22(31)13(29)6-17(38-10)39-15-8-27(36,16(30)9-28)7-12-19(15)26(35)21-20(24(12)33)23(32)11-4-3-5-14(37-2)18(11)25(21)34/h3-5,10,13,15,17,22,31,33,35-36H,6-9,29H2,1-2H3/t10?,13?,15-,17?,22?,27-/m0/s1. The third-order valence-electron chi connectivity index (χ3n) is 7.78. The van der Waals surface area contributed by atoms with Crippen LogP contribution in [0.1, 0.15) is 68.8 Å². The Morgan fingerprint density at radius 1 is 1.18 bits per heavy atom. The molecule has 5 rings (SSSR count). The zero-order chi connectivity index (χ0) is 28.4. The highest BCUT2D eigenvalue weighted by molar-refractivity contribution is 9.09. The molecule has 208 valence electrons. The second-order valence-electron chi connectivity index (χ2n) is 10.1. The molecule has 0 amide bonds. The number of carbonyl (C=O) groups excluding carboxylic acids is 3. The first-order chi connectivity index (χ1) is 18.4. The lowest BCUT2D eigenvalue weighted by Crippen LogP contribution is -2.52. The van der Waals surface area contributed by atoms with Crippen molar-refractivity contribution in [1.82, 2.24) is 0 Å². The third-order valence-corrected chi connectivity index (χ3v) is 8.29. The van der Waals surface area contributed by atoms with Crippen molar-refractivity contribution in [3.63, 3.8) is 0 Å². The van der Waals surface area contributed by atoms with E-state index in [4.69, 9.17) is 19.9 Å². The summed E-state index contributed by atoms with van der Waals surface area (Å²) in [5, 5.41) is 44.2. The minimum absolute atomic E-state index is 0.0194. The number of phenols is 2. The Hall–Kier alpha value is -2.87. The number of carbonyl (C=O) groups is 3. The Bertz CT molecular complexity index is 1380. The van der Waals surface area contributed by atoms with E-state index < -0.39 is 82.6 Å². The van der Waals surface area contributed by atoms with Crippen LogP contribution in [0.15, 0.2) is 18.2 Å². The number of benzene rings is 2. The van der Waals surface area contributed by atoms with E-state index in [9.17, 15) is 34.8 Å². The quantitative estimate of drug-likeness (QED) is 0.209. The number of nitrogens with two attached hydrogens (primary N) is 1. The number of alkyl halides is 1. The maximum atomic E-state index is 13.7. The fourth-order valence-electron chi connectivity index (χ4n) is 5.73. The summed E-state index contributed by atoms with van der Waals surface area (Å²) in [6.45, 7) is 1.61. The van der Waals surface area contributed by atoms with Gasteiger partial charge in [0.05, 0.1) is 47.4 Å². The molecule has 1 aliphatic heterocycles. The molecule has 2 aromatic carbocycles. The molecule has 0 aromatic heterocycles. The van der Waals surface area contributed by atoms with Crippen LogP contribution in [0.5, 0.6) is 17.2 Å². The molecule has 12 heteroatoms. The summed E-state index contributed by atoms with van der Waals surface area (Å²) in [5.74, 6) is -3.20. The number of rotatable bonds is 5. The van der Waals surface area contributed by atoms with Crippen molar-refractivity contribution in [3.05, 3.63) is 51.6 Å². The molecular weight excluding hydrogens is 578 g/mol. The van der Waals surface area contributed by atoms with Gasteiger partial charge in [0.1, 0.15) is 22.8 Å². The van der Waals surface area contributed by atoms with Crippen molar-refractivity contribution in [3.8, 4) is 17.2 Å². The molecule has 2 aliphatic carbocycles. The molecule has 1 saturated heterocycles. The van der Waals surface area contributed by atoms with Gasteiger partial charge in [-0.15, -0.1) is 0 Å². The predicted octanol–water partition coefficient (Wildman–Crippen LogP) is 1.40. The van der Waals surface area contributed by atoms with Crippen LogP contribution in [0, 0.1) is 0 Å². The number of aliphatic hydroxyl groups excluding tert-OH is 1. The second kappa shape index (κ2) is 9.95. The number of phenolic OH excluding ortho intramolecular Hbond substituents is 2. The number of hydrogen-bond donors (Lipinski definition) is 5. The van der Waals surface area contributed by atoms with Crippen molar-refractivity contribution in [2.75, 3.05) is 12.4 Å². The highest BCUT2D eigenvalue weighted by Gasteiger charge is 2.50. The average Bonchev–Trinajstić information content (AvgIpc) is 2.90. The molecule has 0 spiro atoms. The molecule has 0 radical (unpaired) electrons. The van der Waals surface area contributed by atoms with Crippen LogP contribution in [0.2, 0.25) is 0 Å². The lowest BCUT2D eigenvalue weighted by Gasteiger charge is -2.42. The summed E-state index contributed by atoms with van der Waals surface area (Å²) in [6.07, 6.45) is -4.62. The molecule has 4 unspecified atom stereocenters. The van der Waals surface area contributed by atoms with Gasteiger partial charge in [-0.3, -0.25) is 14.4 Å². The van der Waals surface area contributed by atoms with Gasteiger partial charge in [-0.2, -0.15) is 0 Å². The summed E-state index contributed by atoms with van der Waals surface area (Å²) in [7, 11) is 1.34. The molecule has 11 nitrogen and oxygen atoms in total. The minimum Gasteiger partial charge on any atom is -0.507 e. The first-order valence-corrected chi connectivity index (χ1v) is 13.5. The number of Topliss-reactive ketones (excluding diaryl/α,β-unsaturated/α-hetero) is 1. The van der Waals surface area contributed by atoms with E-state index in [-0.39, 0.29) is 46.2 Å². The van der Waals surface area contributed by atoms with E-state index in [2.05, 4.69) is 15.9 Å². The summed E-state index contributed by atoms with van der Waals surface area (Å²) >= 11 is 3.07. The van der Waals surface area contributed by atoms with Crippen LogP contribution in [-0.4, -0.2) is 80.4 Å². The zero-order valence-electron chi connectivity index (χ0n) is 21.1. The molecule has 6 N–H and O–H groups in total. The van der Waals surface area contributed by atoms with Gasteiger partial charge in [-0.1, -0.05) is 28.1 Å². The van der Waals surface area contributed by atoms with Gasteiger partial charge in [-0.25, -0.2) is 0 Å². The fraction of sp³-hybridized carbons (Fsp3) is 0.444. The average molecular weight is 606 g/mol. The molecule has 6 atom stereocenters. The number of ether oxygens (including phenoxy) is 3. The normalized spacial score (nSPS) is 29.8. The maximum Gasteiger partial charge on any atom is 0.202 e. The Kier molecular flexibility index (Phi) is 7.06. The van der Waals surface area contributed by atoms with E-state index in [0.29, 0.717) is 0 Å². The number of methoxy groups -OCH3 is 1. The van der Waals surface area contributed by atoms with E-state index in [0.717, 1.165) is 0 Å². The van der Waals surface area contributed by atoms with E-state index in [1.807, 2.05) is 0 Å². The highest BCUT2D eigenvalue weighted by Crippen LogP contribution is 2.52. The van der Waals surface area contributed by atoms with Gasteiger partial charge >= 0.3 is 0 Å². The van der Waals surface area contributed by atoms with Crippen LogP contribution in [0.4, 0.5) is 0 Å². The number of ketones is 3. The number of aromatic hydroxyl groups is 2. The Labute approximate surface area is 231 Å². The van der Waals surface area contributed by atoms with Gasteiger partial charge in [0.25, 0.3) is 0 Å². The zero-order valence-corrected chi connectivity index (χ0v) is 22.7. The third kappa shape index (κ3) is 4.26. The van der Waals surface area contributed by atoms with Crippen LogP contribution in [0.3, 0.4) is 0 Å². The Morgan fingerprint density at radius 3 is 2.51 bits per heavy atom. The molecule has 0 bridgehead atoms. The molecule has 3 aliphatic rings. The SMILES string of the molecule is COc1cccc2c1C(=O)c1c(O)c3c(c(O)c1C2=O)C[C@@](O)(C(=O)CBr)C[C@@H]3OC1CC(N)C(O)C(C)O1. The van der Waals surface area contributed by atoms with Crippen molar-refractivity contribution in [2.24, 2.45) is 5.73 Å². The van der Waals surface area contributed by atoms with E-state index in [1.54, 1.807) is 6.92 Å². The largest absolute Gasteiger partial charge is 0.507 e. The predicted molar refractivity (Wildman–Crippen MR) is 138 cm³/mol. The van der Waals surface area contributed by atoms with Gasteiger partial charge in [0.2, 0.25) is 5.78 Å². The van der Waals surface area contributed by atoms with Crippen molar-refractivity contribution in [1.29, 1.82) is 0 Å². The first-order valence-electron chi connectivity index (χ1n) is 12.4. The first kappa shape index (κ1) is 27.7. The van der Waals surface area contributed by atoms with E-state index >= 15 is 0 Å².